The van der Waals surface area contributed by atoms with Gasteiger partial charge in [0.1, 0.15) is 12.3 Å². The third-order valence-corrected chi connectivity index (χ3v) is 5.09. The first-order valence-corrected chi connectivity index (χ1v) is 9.90. The number of nitrogens with one attached hydrogen (secondary N) is 1. The van der Waals surface area contributed by atoms with Crippen molar-refractivity contribution in [3.63, 3.8) is 0 Å². The Hall–Kier alpha value is -3.62. The summed E-state index contributed by atoms with van der Waals surface area (Å²) >= 11 is 0. The number of aromatic nitrogens is 1. The molecule has 0 unspecified atom stereocenters. The van der Waals surface area contributed by atoms with Gasteiger partial charge in [0.25, 0.3) is 0 Å². The van der Waals surface area contributed by atoms with Gasteiger partial charge in [-0.05, 0) is 39.8 Å². The molecule has 2 aromatic carbocycles. The monoisotopic (exact) mass is 398 g/mol. The first-order chi connectivity index (χ1) is 14.8. The largest absolute Gasteiger partial charge is 0.449 e. The predicted octanol–water partition coefficient (Wildman–Crippen LogP) is 3.85. The van der Waals surface area contributed by atoms with Crippen molar-refractivity contribution in [1.29, 1.82) is 0 Å². The number of carbonyl (C=O) groups is 1. The lowest BCUT2D eigenvalue weighted by Gasteiger charge is -2.14. The molecule has 1 aliphatic carbocycles. The van der Waals surface area contributed by atoms with Gasteiger partial charge in [0.2, 0.25) is 0 Å². The molecule has 1 heterocycles. The Bertz CT molecular complexity index is 1050. The number of carbonyl (C=O) groups excluding carboxylic acids is 1. The van der Waals surface area contributed by atoms with E-state index in [2.05, 4.69) is 46.4 Å². The van der Waals surface area contributed by atoms with Gasteiger partial charge in [0.15, 0.2) is 0 Å². The van der Waals surface area contributed by atoms with Crippen molar-refractivity contribution in [1.82, 2.24) is 10.3 Å². The first-order valence-electron chi connectivity index (χ1n) is 9.90. The molecule has 0 bridgehead atoms. The van der Waals surface area contributed by atoms with E-state index in [1.807, 2.05) is 24.3 Å². The second-order valence-corrected chi connectivity index (χ2v) is 7.01. The molecular formula is C25H22N2O3. The molecule has 0 atom stereocenters. The molecule has 3 aromatic rings. The number of benzene rings is 2. The third kappa shape index (κ3) is 4.35. The zero-order valence-electron chi connectivity index (χ0n) is 16.5. The van der Waals surface area contributed by atoms with Gasteiger partial charge < -0.3 is 15.2 Å². The van der Waals surface area contributed by atoms with E-state index in [-0.39, 0.29) is 12.5 Å². The van der Waals surface area contributed by atoms with Crippen LogP contribution in [0.1, 0.15) is 34.7 Å². The lowest BCUT2D eigenvalue weighted by molar-refractivity contribution is 0.143. The van der Waals surface area contributed by atoms with E-state index in [0.717, 1.165) is 5.56 Å². The molecule has 0 spiro atoms. The van der Waals surface area contributed by atoms with Gasteiger partial charge in [-0.2, -0.15) is 0 Å². The van der Waals surface area contributed by atoms with Crippen molar-refractivity contribution in [3.8, 4) is 23.0 Å². The Morgan fingerprint density at radius 3 is 2.37 bits per heavy atom. The summed E-state index contributed by atoms with van der Waals surface area (Å²) in [5.74, 6) is 5.96. The summed E-state index contributed by atoms with van der Waals surface area (Å²) in [4.78, 5) is 16.3. The van der Waals surface area contributed by atoms with E-state index in [4.69, 9.17) is 9.84 Å². The molecule has 0 fully saturated rings. The van der Waals surface area contributed by atoms with Crippen LogP contribution in [0.2, 0.25) is 0 Å². The molecule has 1 aliphatic rings. The number of rotatable bonds is 5. The molecule has 150 valence electrons. The van der Waals surface area contributed by atoms with E-state index < -0.39 is 6.09 Å². The standard InChI is InChI=1S/C25H22N2O3/c28-16-18-12-13-19(27-15-18)7-5-6-14-26-25(29)30-17-24-22-10-3-1-8-20(22)21-9-2-4-11-23(21)24/h1-4,8-13,15,24,28H,6,14,16-17H2,(H,26,29). The summed E-state index contributed by atoms with van der Waals surface area (Å²) in [5.41, 5.74) is 6.18. The van der Waals surface area contributed by atoms with Gasteiger partial charge in [0, 0.05) is 25.1 Å². The Morgan fingerprint density at radius 1 is 1.03 bits per heavy atom. The molecule has 1 aromatic heterocycles. The summed E-state index contributed by atoms with van der Waals surface area (Å²) in [6.07, 6.45) is 1.65. The highest BCUT2D eigenvalue weighted by molar-refractivity contribution is 5.79. The van der Waals surface area contributed by atoms with Crippen LogP contribution >= 0.6 is 0 Å². The van der Waals surface area contributed by atoms with Crippen LogP contribution in [-0.4, -0.2) is 29.3 Å². The average molecular weight is 398 g/mol. The van der Waals surface area contributed by atoms with Crippen LogP contribution in [0.5, 0.6) is 0 Å². The minimum absolute atomic E-state index is 0.0369. The molecule has 2 N–H and O–H groups in total. The van der Waals surface area contributed by atoms with Gasteiger partial charge in [-0.1, -0.05) is 60.5 Å². The number of nitrogens with zero attached hydrogens (tertiary/aromatic N) is 1. The maximum Gasteiger partial charge on any atom is 0.407 e. The van der Waals surface area contributed by atoms with E-state index in [9.17, 15) is 4.79 Å². The fourth-order valence-corrected chi connectivity index (χ4v) is 3.62. The maximum absolute atomic E-state index is 12.1. The SMILES string of the molecule is O=C(NCCC#Cc1ccc(CO)cn1)OCC1c2ccccc2-c2ccccc21. The molecule has 5 heteroatoms. The minimum atomic E-state index is -0.441. The second kappa shape index (κ2) is 9.25. The number of hydrogen-bond acceptors (Lipinski definition) is 4. The fourth-order valence-electron chi connectivity index (χ4n) is 3.62. The van der Waals surface area contributed by atoms with Crippen LogP contribution in [0.4, 0.5) is 4.79 Å². The van der Waals surface area contributed by atoms with E-state index >= 15 is 0 Å². The predicted molar refractivity (Wildman–Crippen MR) is 115 cm³/mol. The van der Waals surface area contributed by atoms with Crippen molar-refractivity contribution in [3.05, 3.63) is 89.2 Å². The van der Waals surface area contributed by atoms with Crippen molar-refractivity contribution in [2.24, 2.45) is 0 Å². The highest BCUT2D eigenvalue weighted by Gasteiger charge is 2.28. The normalized spacial score (nSPS) is 11.8. The second-order valence-electron chi connectivity index (χ2n) is 7.01. The summed E-state index contributed by atoms with van der Waals surface area (Å²) in [6, 6.07) is 20.1. The van der Waals surface area contributed by atoms with Crippen molar-refractivity contribution >= 4 is 6.09 Å². The number of hydrogen-bond donors (Lipinski definition) is 2. The lowest BCUT2D eigenvalue weighted by Crippen LogP contribution is -2.26. The molecular weight excluding hydrogens is 376 g/mol. The molecule has 4 rings (SSSR count). The average Bonchev–Trinajstić information content (AvgIpc) is 3.12. The van der Waals surface area contributed by atoms with Crippen LogP contribution in [0, 0.1) is 11.8 Å². The highest BCUT2D eigenvalue weighted by atomic mass is 16.5. The molecule has 0 saturated carbocycles. The molecule has 0 saturated heterocycles. The Morgan fingerprint density at radius 2 is 1.73 bits per heavy atom. The minimum Gasteiger partial charge on any atom is -0.449 e. The molecule has 0 aliphatic heterocycles. The Kier molecular flexibility index (Phi) is 6.07. The molecule has 0 radical (unpaired) electrons. The van der Waals surface area contributed by atoms with E-state index in [0.29, 0.717) is 25.3 Å². The van der Waals surface area contributed by atoms with Crippen LogP contribution in [0.15, 0.2) is 66.9 Å². The number of pyridine rings is 1. The fraction of sp³-hybridized carbons (Fsp3) is 0.200. The van der Waals surface area contributed by atoms with Crippen molar-refractivity contribution in [2.45, 2.75) is 18.9 Å². The number of aliphatic hydroxyl groups is 1. The van der Waals surface area contributed by atoms with Crippen LogP contribution in [0.25, 0.3) is 11.1 Å². The van der Waals surface area contributed by atoms with Gasteiger partial charge in [-0.25, -0.2) is 9.78 Å². The summed E-state index contributed by atoms with van der Waals surface area (Å²) in [6.45, 7) is 0.663. The zero-order valence-corrected chi connectivity index (χ0v) is 16.5. The quantitative estimate of drug-likeness (QED) is 0.506. The van der Waals surface area contributed by atoms with Gasteiger partial charge >= 0.3 is 6.09 Å². The van der Waals surface area contributed by atoms with Gasteiger partial charge in [0.05, 0.1) is 6.61 Å². The number of ether oxygens (including phenoxy) is 1. The maximum atomic E-state index is 12.1. The summed E-state index contributed by atoms with van der Waals surface area (Å²) in [7, 11) is 0. The number of fused-ring (bicyclic) bond motifs is 3. The van der Waals surface area contributed by atoms with Gasteiger partial charge in [-0.15, -0.1) is 0 Å². The van der Waals surface area contributed by atoms with Crippen LogP contribution in [-0.2, 0) is 11.3 Å². The van der Waals surface area contributed by atoms with Gasteiger partial charge in [-0.3, -0.25) is 0 Å². The third-order valence-electron chi connectivity index (χ3n) is 5.09. The van der Waals surface area contributed by atoms with Crippen LogP contribution < -0.4 is 5.32 Å². The van der Waals surface area contributed by atoms with E-state index in [1.54, 1.807) is 18.3 Å². The molecule has 30 heavy (non-hydrogen) atoms. The number of alkyl carbamates (subject to hydrolysis) is 1. The lowest BCUT2D eigenvalue weighted by atomic mass is 9.98. The smallest absolute Gasteiger partial charge is 0.407 e. The Labute approximate surface area is 175 Å². The topological polar surface area (TPSA) is 71.5 Å². The zero-order chi connectivity index (χ0) is 20.8. The molecule has 5 nitrogen and oxygen atoms in total. The Balaban J connectivity index is 1.27. The van der Waals surface area contributed by atoms with Crippen molar-refractivity contribution in [2.75, 3.05) is 13.2 Å². The van der Waals surface area contributed by atoms with Crippen molar-refractivity contribution < 1.29 is 14.6 Å². The van der Waals surface area contributed by atoms with Crippen LogP contribution in [0.3, 0.4) is 0 Å². The number of aliphatic hydroxyl groups excluding tert-OH is 1. The number of amides is 1. The van der Waals surface area contributed by atoms with E-state index in [1.165, 1.54) is 22.3 Å². The first kappa shape index (κ1) is 19.7. The summed E-state index contributed by atoms with van der Waals surface area (Å²) < 4.78 is 5.50. The highest BCUT2D eigenvalue weighted by Crippen LogP contribution is 2.44. The molecule has 1 amide bonds. The summed E-state index contributed by atoms with van der Waals surface area (Å²) in [5, 5.41) is 11.8.